The van der Waals surface area contributed by atoms with E-state index in [-0.39, 0.29) is 17.3 Å². The standard InChI is InChI=1S/C9H10ClFN2O2/c10-8-7(4-6(11)5-13-8)9(15)12-2-1-3-14/h4-5,14H,1-3H2,(H,12,15). The minimum Gasteiger partial charge on any atom is -0.396 e. The van der Waals surface area contributed by atoms with Crippen LogP contribution in [-0.4, -0.2) is 29.1 Å². The van der Waals surface area contributed by atoms with Gasteiger partial charge in [0.1, 0.15) is 11.0 Å². The lowest BCUT2D eigenvalue weighted by atomic mass is 10.2. The summed E-state index contributed by atoms with van der Waals surface area (Å²) in [6.45, 7) is 0.289. The van der Waals surface area contributed by atoms with E-state index in [9.17, 15) is 9.18 Å². The first kappa shape index (κ1) is 11.9. The molecule has 2 N–H and O–H groups in total. The molecule has 0 saturated heterocycles. The van der Waals surface area contributed by atoms with E-state index >= 15 is 0 Å². The van der Waals surface area contributed by atoms with Crippen molar-refractivity contribution >= 4 is 17.5 Å². The third-order valence-corrected chi connectivity index (χ3v) is 1.97. The second-order valence-electron chi connectivity index (χ2n) is 2.82. The highest BCUT2D eigenvalue weighted by Gasteiger charge is 2.11. The number of aliphatic hydroxyl groups excluding tert-OH is 1. The maximum absolute atomic E-state index is 12.8. The Balaban J connectivity index is 2.68. The number of pyridine rings is 1. The van der Waals surface area contributed by atoms with Gasteiger partial charge >= 0.3 is 0 Å². The zero-order valence-electron chi connectivity index (χ0n) is 7.83. The van der Waals surface area contributed by atoms with E-state index in [0.717, 1.165) is 12.3 Å². The van der Waals surface area contributed by atoms with Gasteiger partial charge in [0.15, 0.2) is 0 Å². The Morgan fingerprint density at radius 3 is 3.07 bits per heavy atom. The van der Waals surface area contributed by atoms with Crippen molar-refractivity contribution in [2.24, 2.45) is 0 Å². The SMILES string of the molecule is O=C(NCCCO)c1cc(F)cnc1Cl. The normalized spacial score (nSPS) is 10.1. The summed E-state index contributed by atoms with van der Waals surface area (Å²) in [5.74, 6) is -1.12. The average Bonchev–Trinajstić information content (AvgIpc) is 2.22. The van der Waals surface area contributed by atoms with Crippen LogP contribution in [0.2, 0.25) is 5.15 Å². The summed E-state index contributed by atoms with van der Waals surface area (Å²) >= 11 is 5.62. The van der Waals surface area contributed by atoms with Crippen LogP contribution in [0.15, 0.2) is 12.3 Å². The van der Waals surface area contributed by atoms with Crippen LogP contribution in [0.1, 0.15) is 16.8 Å². The lowest BCUT2D eigenvalue weighted by Crippen LogP contribution is -2.25. The van der Waals surface area contributed by atoms with Gasteiger partial charge in [-0.15, -0.1) is 0 Å². The largest absolute Gasteiger partial charge is 0.396 e. The highest BCUT2D eigenvalue weighted by Crippen LogP contribution is 2.13. The van der Waals surface area contributed by atoms with Crippen LogP contribution in [0.5, 0.6) is 0 Å². The predicted octanol–water partition coefficient (Wildman–Crippen LogP) is 0.986. The van der Waals surface area contributed by atoms with E-state index in [1.54, 1.807) is 0 Å². The summed E-state index contributed by atoms with van der Waals surface area (Å²) in [7, 11) is 0. The van der Waals surface area contributed by atoms with Crippen LogP contribution < -0.4 is 5.32 Å². The zero-order chi connectivity index (χ0) is 11.3. The van der Waals surface area contributed by atoms with Gasteiger partial charge in [-0.25, -0.2) is 9.37 Å². The molecule has 1 aromatic rings. The smallest absolute Gasteiger partial charge is 0.254 e. The van der Waals surface area contributed by atoms with E-state index in [1.165, 1.54) is 0 Å². The molecule has 0 spiro atoms. The highest BCUT2D eigenvalue weighted by molar-refractivity contribution is 6.32. The molecule has 0 unspecified atom stereocenters. The van der Waals surface area contributed by atoms with Gasteiger partial charge in [0.05, 0.1) is 11.8 Å². The quantitative estimate of drug-likeness (QED) is 0.601. The molecule has 0 aliphatic heterocycles. The molecule has 0 saturated carbocycles. The first-order chi connectivity index (χ1) is 7.15. The fourth-order valence-electron chi connectivity index (χ4n) is 0.958. The predicted molar refractivity (Wildman–Crippen MR) is 53.2 cm³/mol. The number of carbonyl (C=O) groups is 1. The van der Waals surface area contributed by atoms with Crippen LogP contribution in [0.25, 0.3) is 0 Å². The molecule has 15 heavy (non-hydrogen) atoms. The molecule has 4 nitrogen and oxygen atoms in total. The van der Waals surface area contributed by atoms with E-state index in [4.69, 9.17) is 16.7 Å². The number of hydrogen-bond donors (Lipinski definition) is 2. The summed E-state index contributed by atoms with van der Waals surface area (Å²) in [6, 6.07) is 1.02. The Kier molecular flexibility index (Phi) is 4.45. The number of carbonyl (C=O) groups excluding carboxylic acids is 1. The molecule has 0 fully saturated rings. The monoisotopic (exact) mass is 232 g/mol. The van der Waals surface area contributed by atoms with Crippen LogP contribution >= 0.6 is 11.6 Å². The van der Waals surface area contributed by atoms with Gasteiger partial charge < -0.3 is 10.4 Å². The van der Waals surface area contributed by atoms with Gasteiger partial charge in [0, 0.05) is 13.2 Å². The third kappa shape index (κ3) is 3.45. The summed E-state index contributed by atoms with van der Waals surface area (Å²) in [5, 5.41) is 10.9. The van der Waals surface area contributed by atoms with Crippen molar-refractivity contribution < 1.29 is 14.3 Å². The molecule has 82 valence electrons. The number of rotatable bonds is 4. The molecule has 1 heterocycles. The molecule has 1 amide bonds. The lowest BCUT2D eigenvalue weighted by molar-refractivity contribution is 0.0950. The second-order valence-corrected chi connectivity index (χ2v) is 3.18. The zero-order valence-corrected chi connectivity index (χ0v) is 8.59. The van der Waals surface area contributed by atoms with Gasteiger partial charge in [-0.3, -0.25) is 4.79 Å². The van der Waals surface area contributed by atoms with Gasteiger partial charge in [-0.2, -0.15) is 0 Å². The van der Waals surface area contributed by atoms with Gasteiger partial charge in [0.25, 0.3) is 5.91 Å². The molecule has 1 rings (SSSR count). The summed E-state index contributed by atoms with van der Waals surface area (Å²) in [5.41, 5.74) is -0.00499. The van der Waals surface area contributed by atoms with E-state index in [2.05, 4.69) is 10.3 Å². The molecule has 0 aromatic carbocycles. The van der Waals surface area contributed by atoms with E-state index in [1.807, 2.05) is 0 Å². The highest BCUT2D eigenvalue weighted by atomic mass is 35.5. The topological polar surface area (TPSA) is 62.2 Å². The number of halogens is 2. The third-order valence-electron chi connectivity index (χ3n) is 1.67. The van der Waals surface area contributed by atoms with Crippen LogP contribution in [0, 0.1) is 5.82 Å². The molecule has 6 heteroatoms. The van der Waals surface area contributed by atoms with Crippen LogP contribution in [0.4, 0.5) is 4.39 Å². The van der Waals surface area contributed by atoms with Gasteiger partial charge in [-0.05, 0) is 12.5 Å². The summed E-state index contributed by atoms with van der Waals surface area (Å²) in [6.07, 6.45) is 1.37. The maximum Gasteiger partial charge on any atom is 0.254 e. The molecule has 1 aromatic heterocycles. The Morgan fingerprint density at radius 1 is 1.67 bits per heavy atom. The molecule has 0 aliphatic carbocycles. The maximum atomic E-state index is 12.8. The molecular formula is C9H10ClFN2O2. The lowest BCUT2D eigenvalue weighted by Gasteiger charge is -2.04. The Morgan fingerprint density at radius 2 is 2.40 bits per heavy atom. The number of aromatic nitrogens is 1. The van der Waals surface area contributed by atoms with Crippen molar-refractivity contribution in [2.45, 2.75) is 6.42 Å². The van der Waals surface area contributed by atoms with Crippen LogP contribution in [0.3, 0.4) is 0 Å². The first-order valence-electron chi connectivity index (χ1n) is 4.35. The van der Waals surface area contributed by atoms with Gasteiger partial charge in [-0.1, -0.05) is 11.6 Å². The van der Waals surface area contributed by atoms with E-state index < -0.39 is 11.7 Å². The number of hydrogen-bond acceptors (Lipinski definition) is 3. The van der Waals surface area contributed by atoms with E-state index in [0.29, 0.717) is 13.0 Å². The minimum atomic E-state index is -0.619. The Hall–Kier alpha value is -1.20. The minimum absolute atomic E-state index is 0.00499. The van der Waals surface area contributed by atoms with Crippen molar-refractivity contribution in [3.63, 3.8) is 0 Å². The fourth-order valence-corrected chi connectivity index (χ4v) is 1.15. The summed E-state index contributed by atoms with van der Waals surface area (Å²) in [4.78, 5) is 14.9. The molecule has 0 bridgehead atoms. The molecular weight excluding hydrogens is 223 g/mol. The Bertz CT molecular complexity index is 360. The van der Waals surface area contributed by atoms with Crippen molar-refractivity contribution in [2.75, 3.05) is 13.2 Å². The number of amides is 1. The second kappa shape index (κ2) is 5.63. The van der Waals surface area contributed by atoms with Crippen LogP contribution in [-0.2, 0) is 0 Å². The average molecular weight is 233 g/mol. The van der Waals surface area contributed by atoms with Crippen molar-refractivity contribution in [1.82, 2.24) is 10.3 Å². The van der Waals surface area contributed by atoms with Crippen molar-refractivity contribution in [1.29, 1.82) is 0 Å². The van der Waals surface area contributed by atoms with Gasteiger partial charge in [0.2, 0.25) is 0 Å². The number of nitrogens with zero attached hydrogens (tertiary/aromatic N) is 1. The molecule has 0 radical (unpaired) electrons. The first-order valence-corrected chi connectivity index (χ1v) is 4.73. The number of nitrogens with one attached hydrogen (secondary N) is 1. The summed E-state index contributed by atoms with van der Waals surface area (Å²) < 4.78 is 12.8. The fraction of sp³-hybridized carbons (Fsp3) is 0.333. The van der Waals surface area contributed by atoms with Crippen molar-refractivity contribution in [3.05, 3.63) is 28.8 Å². The molecule has 0 aliphatic rings. The van der Waals surface area contributed by atoms with Crippen molar-refractivity contribution in [3.8, 4) is 0 Å². The Labute approximate surface area is 91.1 Å². The molecule has 0 atom stereocenters. The number of aliphatic hydroxyl groups is 1.